The van der Waals surface area contributed by atoms with Gasteiger partial charge in [0.2, 0.25) is 5.91 Å². The molecule has 0 aliphatic carbocycles. The van der Waals surface area contributed by atoms with Crippen LogP contribution < -0.4 is 0 Å². The molecule has 2 aromatic carbocycles. The molecule has 0 bridgehead atoms. The lowest BCUT2D eigenvalue weighted by atomic mass is 10.1. The first-order chi connectivity index (χ1) is 15.0. The van der Waals surface area contributed by atoms with Crippen molar-refractivity contribution in [1.82, 2.24) is 9.80 Å². The molecule has 31 heavy (non-hydrogen) atoms. The minimum atomic E-state index is -0.470. The van der Waals surface area contributed by atoms with Crippen molar-refractivity contribution in [1.29, 1.82) is 0 Å². The van der Waals surface area contributed by atoms with E-state index in [1.165, 1.54) is 22.7 Å². The van der Waals surface area contributed by atoms with Crippen LogP contribution in [0.15, 0.2) is 42.5 Å². The molecule has 1 unspecified atom stereocenters. The highest BCUT2D eigenvalue weighted by Gasteiger charge is 2.34. The summed E-state index contributed by atoms with van der Waals surface area (Å²) < 4.78 is 27.6. The van der Waals surface area contributed by atoms with Crippen LogP contribution in [0, 0.1) is 11.6 Å². The zero-order valence-electron chi connectivity index (χ0n) is 16.9. The van der Waals surface area contributed by atoms with Crippen molar-refractivity contribution < 1.29 is 23.2 Å². The Hall–Kier alpha value is -2.74. The fraction of sp³-hybridized carbons (Fsp3) is 0.348. The molecular weight excluding hydrogens is 422 g/mol. The molecule has 1 fully saturated rings. The van der Waals surface area contributed by atoms with Gasteiger partial charge in [0.25, 0.3) is 11.8 Å². The summed E-state index contributed by atoms with van der Waals surface area (Å²) in [5.74, 6) is -0.969. The number of imide groups is 1. The molecule has 0 N–H and O–H groups in total. The minimum Gasteiger partial charge on any atom is -0.342 e. The Bertz CT molecular complexity index is 995. The smallest absolute Gasteiger partial charge is 0.261 e. The van der Waals surface area contributed by atoms with Gasteiger partial charge in [0, 0.05) is 42.6 Å². The summed E-state index contributed by atoms with van der Waals surface area (Å²) in [5, 5.41) is -0.202. The third-order valence-corrected chi connectivity index (χ3v) is 6.96. The van der Waals surface area contributed by atoms with Crippen molar-refractivity contribution in [2.45, 2.75) is 24.5 Å². The first-order valence-corrected chi connectivity index (χ1v) is 11.3. The lowest BCUT2D eigenvalue weighted by Crippen LogP contribution is -2.35. The van der Waals surface area contributed by atoms with Crippen molar-refractivity contribution in [2.75, 3.05) is 25.4 Å². The van der Waals surface area contributed by atoms with Crippen molar-refractivity contribution in [2.24, 2.45) is 0 Å². The van der Waals surface area contributed by atoms with Gasteiger partial charge in [0.05, 0.1) is 11.1 Å². The van der Waals surface area contributed by atoms with Crippen LogP contribution in [0.2, 0.25) is 0 Å². The van der Waals surface area contributed by atoms with E-state index in [-0.39, 0.29) is 35.9 Å². The van der Waals surface area contributed by atoms with Gasteiger partial charge in [0.15, 0.2) is 0 Å². The van der Waals surface area contributed by atoms with Gasteiger partial charge in [-0.3, -0.25) is 19.3 Å². The number of hydrogen-bond acceptors (Lipinski definition) is 4. The molecule has 8 heteroatoms. The maximum Gasteiger partial charge on any atom is 0.261 e. The molecule has 3 amide bonds. The topological polar surface area (TPSA) is 57.7 Å². The van der Waals surface area contributed by atoms with E-state index in [9.17, 15) is 23.2 Å². The monoisotopic (exact) mass is 444 g/mol. The summed E-state index contributed by atoms with van der Waals surface area (Å²) in [6.45, 7) is 1.18. The second-order valence-corrected chi connectivity index (χ2v) is 8.92. The average Bonchev–Trinajstić information content (AvgIpc) is 2.94. The summed E-state index contributed by atoms with van der Waals surface area (Å²) in [7, 11) is 0. The fourth-order valence-corrected chi connectivity index (χ4v) is 5.26. The number of fused-ring (bicyclic) bond motifs is 1. The van der Waals surface area contributed by atoms with Crippen LogP contribution in [0.4, 0.5) is 8.78 Å². The average molecular weight is 445 g/mol. The number of nitrogens with zero attached hydrogens (tertiary/aromatic N) is 2. The predicted molar refractivity (Wildman–Crippen MR) is 114 cm³/mol. The minimum absolute atomic E-state index is 0.0578. The third-order valence-electron chi connectivity index (χ3n) is 5.65. The van der Waals surface area contributed by atoms with Gasteiger partial charge >= 0.3 is 0 Å². The number of carbonyl (C=O) groups is 3. The lowest BCUT2D eigenvalue weighted by molar-refractivity contribution is -0.131. The molecular formula is C23H22F2N2O3S. The highest BCUT2D eigenvalue weighted by atomic mass is 32.2. The Morgan fingerprint density at radius 3 is 2.45 bits per heavy atom. The third kappa shape index (κ3) is 4.49. The maximum atomic E-state index is 14.1. The highest BCUT2D eigenvalue weighted by Crippen LogP contribution is 2.36. The summed E-state index contributed by atoms with van der Waals surface area (Å²) in [5.41, 5.74) is 1.14. The van der Waals surface area contributed by atoms with Crippen LogP contribution in [0.5, 0.6) is 0 Å². The van der Waals surface area contributed by atoms with Gasteiger partial charge in [-0.2, -0.15) is 11.8 Å². The van der Waals surface area contributed by atoms with Gasteiger partial charge < -0.3 is 4.90 Å². The lowest BCUT2D eigenvalue weighted by Gasteiger charge is -2.21. The summed E-state index contributed by atoms with van der Waals surface area (Å²) in [6.07, 6.45) is 1.14. The van der Waals surface area contributed by atoms with Crippen molar-refractivity contribution in [3.63, 3.8) is 0 Å². The van der Waals surface area contributed by atoms with E-state index in [0.717, 1.165) is 12.1 Å². The van der Waals surface area contributed by atoms with Crippen LogP contribution in [0.3, 0.4) is 0 Å². The van der Waals surface area contributed by atoms with Gasteiger partial charge in [-0.25, -0.2) is 8.78 Å². The van der Waals surface area contributed by atoms with Gasteiger partial charge in [-0.1, -0.05) is 12.1 Å². The number of thioether (sulfide) groups is 1. The number of carbonyl (C=O) groups excluding carboxylic acids is 3. The number of amides is 3. The Balaban J connectivity index is 1.29. The number of hydrogen-bond donors (Lipinski definition) is 0. The summed E-state index contributed by atoms with van der Waals surface area (Å²) in [4.78, 5) is 40.4. The highest BCUT2D eigenvalue weighted by molar-refractivity contribution is 7.99. The summed E-state index contributed by atoms with van der Waals surface area (Å²) >= 11 is 1.52. The molecule has 2 aromatic rings. The molecule has 4 rings (SSSR count). The zero-order chi connectivity index (χ0) is 22.0. The van der Waals surface area contributed by atoms with Gasteiger partial charge in [-0.05, 0) is 43.2 Å². The normalized spacial score (nSPS) is 18.8. The molecule has 0 aromatic heterocycles. The first kappa shape index (κ1) is 21.5. The standard InChI is InChI=1S/C23H22F2N2O3S/c24-15-7-8-19(25)18(14-15)20-9-11-26(12-13-31-20)21(28)6-3-10-27-22(29)16-4-1-2-5-17(16)23(27)30/h1-2,4-5,7-8,14,20H,3,6,9-13H2. The van der Waals surface area contributed by atoms with E-state index in [0.29, 0.717) is 48.4 Å². The van der Waals surface area contributed by atoms with Crippen LogP contribution in [-0.2, 0) is 4.79 Å². The molecule has 1 atom stereocenters. The van der Waals surface area contributed by atoms with Crippen molar-refractivity contribution in [3.8, 4) is 0 Å². The first-order valence-electron chi connectivity index (χ1n) is 10.3. The van der Waals surface area contributed by atoms with E-state index in [1.807, 2.05) is 0 Å². The summed E-state index contributed by atoms with van der Waals surface area (Å²) in [6, 6.07) is 10.2. The molecule has 2 heterocycles. The zero-order valence-corrected chi connectivity index (χ0v) is 17.7. The van der Waals surface area contributed by atoms with Crippen LogP contribution in [0.25, 0.3) is 0 Å². The quantitative estimate of drug-likeness (QED) is 0.653. The van der Waals surface area contributed by atoms with Crippen molar-refractivity contribution >= 4 is 29.5 Å². The van der Waals surface area contributed by atoms with E-state index >= 15 is 0 Å². The van der Waals surface area contributed by atoms with Crippen LogP contribution in [-0.4, -0.2) is 52.9 Å². The molecule has 1 saturated heterocycles. The second kappa shape index (κ2) is 9.18. The van der Waals surface area contributed by atoms with E-state index in [1.54, 1.807) is 29.2 Å². The van der Waals surface area contributed by atoms with E-state index < -0.39 is 11.6 Å². The molecule has 162 valence electrons. The Morgan fingerprint density at radius 1 is 1.03 bits per heavy atom. The Kier molecular flexibility index (Phi) is 6.36. The van der Waals surface area contributed by atoms with Gasteiger partial charge in [0.1, 0.15) is 11.6 Å². The number of rotatable bonds is 5. The molecule has 2 aliphatic rings. The van der Waals surface area contributed by atoms with E-state index in [4.69, 9.17) is 0 Å². The Morgan fingerprint density at radius 2 is 1.74 bits per heavy atom. The molecule has 0 radical (unpaired) electrons. The SMILES string of the molecule is O=C(CCCN1C(=O)c2ccccc2C1=O)N1CCSC(c2cc(F)ccc2F)CC1. The van der Waals surface area contributed by atoms with Crippen molar-refractivity contribution in [3.05, 3.63) is 70.8 Å². The number of halogens is 2. The maximum absolute atomic E-state index is 14.1. The molecule has 5 nitrogen and oxygen atoms in total. The second-order valence-electron chi connectivity index (χ2n) is 7.61. The number of benzene rings is 2. The largest absolute Gasteiger partial charge is 0.342 e. The Labute approximate surface area is 183 Å². The van der Waals surface area contributed by atoms with Gasteiger partial charge in [-0.15, -0.1) is 0 Å². The van der Waals surface area contributed by atoms with Crippen LogP contribution >= 0.6 is 11.8 Å². The predicted octanol–water partition coefficient (Wildman–Crippen LogP) is 4.05. The van der Waals surface area contributed by atoms with E-state index in [2.05, 4.69) is 0 Å². The fourth-order valence-electron chi connectivity index (χ4n) is 4.02. The molecule has 2 aliphatic heterocycles. The van der Waals surface area contributed by atoms with Crippen LogP contribution in [0.1, 0.15) is 50.8 Å². The molecule has 0 spiro atoms. The molecule has 0 saturated carbocycles.